The smallest absolute Gasteiger partial charge is 0.335 e. The molecule has 2 aromatic carbocycles. The standard InChI is InChI=1S/C23H29NO5/c25-23(26)19-5-3-4-18(16-19)17-29-22-10-8-21(9-11-22)28-15-14-27-13-12-24-20-6-1-2-7-20/h3-5,8-11,16,20,24H,1-2,6-7,12-15,17H2,(H,25,26). The maximum Gasteiger partial charge on any atom is 0.335 e. The van der Waals surface area contributed by atoms with E-state index in [1.807, 2.05) is 30.3 Å². The van der Waals surface area contributed by atoms with E-state index in [9.17, 15) is 4.79 Å². The molecule has 0 saturated heterocycles. The van der Waals surface area contributed by atoms with Crippen LogP contribution < -0.4 is 14.8 Å². The van der Waals surface area contributed by atoms with Crippen molar-refractivity contribution in [2.75, 3.05) is 26.4 Å². The fourth-order valence-electron chi connectivity index (χ4n) is 3.38. The van der Waals surface area contributed by atoms with Crippen LogP contribution in [-0.2, 0) is 11.3 Å². The van der Waals surface area contributed by atoms with E-state index in [1.54, 1.807) is 18.2 Å². The number of hydrogen-bond donors (Lipinski definition) is 2. The summed E-state index contributed by atoms with van der Waals surface area (Å²) in [6.07, 6.45) is 5.26. The van der Waals surface area contributed by atoms with Crippen LogP contribution in [0.3, 0.4) is 0 Å². The molecule has 2 aromatic rings. The second-order valence-corrected chi connectivity index (χ2v) is 7.16. The largest absolute Gasteiger partial charge is 0.491 e. The lowest BCUT2D eigenvalue weighted by molar-refractivity contribution is 0.0696. The van der Waals surface area contributed by atoms with Crippen molar-refractivity contribution in [3.8, 4) is 11.5 Å². The van der Waals surface area contributed by atoms with Crippen LogP contribution in [0.2, 0.25) is 0 Å². The van der Waals surface area contributed by atoms with Crippen LogP contribution in [0, 0.1) is 0 Å². The first-order valence-corrected chi connectivity index (χ1v) is 10.2. The van der Waals surface area contributed by atoms with Crippen LogP contribution in [0.4, 0.5) is 0 Å². The summed E-state index contributed by atoms with van der Waals surface area (Å²) in [7, 11) is 0. The summed E-state index contributed by atoms with van der Waals surface area (Å²) in [4.78, 5) is 11.0. The Hall–Kier alpha value is -2.57. The van der Waals surface area contributed by atoms with Crippen molar-refractivity contribution in [2.24, 2.45) is 0 Å². The van der Waals surface area contributed by atoms with Crippen molar-refractivity contribution in [2.45, 2.75) is 38.3 Å². The number of rotatable bonds is 12. The second-order valence-electron chi connectivity index (χ2n) is 7.16. The quantitative estimate of drug-likeness (QED) is 0.527. The lowest BCUT2D eigenvalue weighted by Crippen LogP contribution is -2.29. The van der Waals surface area contributed by atoms with E-state index < -0.39 is 5.97 Å². The molecule has 1 saturated carbocycles. The first kappa shape index (κ1) is 21.1. The molecule has 0 bridgehead atoms. The summed E-state index contributed by atoms with van der Waals surface area (Å²) in [5.74, 6) is 0.521. The molecule has 0 spiro atoms. The average molecular weight is 399 g/mol. The molecule has 1 fully saturated rings. The Labute approximate surface area is 171 Å². The normalized spacial score (nSPS) is 14.1. The summed E-state index contributed by atoms with van der Waals surface area (Å²) in [5, 5.41) is 12.6. The van der Waals surface area contributed by atoms with Gasteiger partial charge in [-0.1, -0.05) is 25.0 Å². The van der Waals surface area contributed by atoms with Gasteiger partial charge >= 0.3 is 5.97 Å². The topological polar surface area (TPSA) is 77.0 Å². The zero-order valence-electron chi connectivity index (χ0n) is 16.6. The molecule has 6 heteroatoms. The third-order valence-corrected chi connectivity index (χ3v) is 4.93. The van der Waals surface area contributed by atoms with Gasteiger partial charge < -0.3 is 24.6 Å². The highest BCUT2D eigenvalue weighted by molar-refractivity contribution is 5.87. The van der Waals surface area contributed by atoms with Gasteiger partial charge in [-0.15, -0.1) is 0 Å². The third-order valence-electron chi connectivity index (χ3n) is 4.93. The van der Waals surface area contributed by atoms with Crippen molar-refractivity contribution < 1.29 is 24.1 Å². The third kappa shape index (κ3) is 7.40. The molecule has 0 unspecified atom stereocenters. The van der Waals surface area contributed by atoms with Crippen molar-refractivity contribution in [3.05, 3.63) is 59.7 Å². The molecule has 1 aliphatic carbocycles. The molecular weight excluding hydrogens is 370 g/mol. The highest BCUT2D eigenvalue weighted by Gasteiger charge is 2.13. The zero-order valence-corrected chi connectivity index (χ0v) is 16.6. The molecule has 0 aliphatic heterocycles. The summed E-state index contributed by atoms with van der Waals surface area (Å²) in [6.45, 7) is 2.97. The van der Waals surface area contributed by atoms with Gasteiger partial charge in [-0.2, -0.15) is 0 Å². The second kappa shape index (κ2) is 11.4. The summed E-state index contributed by atoms with van der Waals surface area (Å²) in [5.41, 5.74) is 1.07. The molecule has 0 radical (unpaired) electrons. The van der Waals surface area contributed by atoms with Crippen molar-refractivity contribution in [3.63, 3.8) is 0 Å². The van der Waals surface area contributed by atoms with Crippen LogP contribution in [0.5, 0.6) is 11.5 Å². The fourth-order valence-corrected chi connectivity index (χ4v) is 3.38. The predicted molar refractivity (Wildman–Crippen MR) is 111 cm³/mol. The maximum absolute atomic E-state index is 11.0. The van der Waals surface area contributed by atoms with Crippen LogP contribution in [0.15, 0.2) is 48.5 Å². The zero-order chi connectivity index (χ0) is 20.3. The summed E-state index contributed by atoms with van der Waals surface area (Å²) >= 11 is 0. The number of hydrogen-bond acceptors (Lipinski definition) is 5. The van der Waals surface area contributed by atoms with Crippen LogP contribution >= 0.6 is 0 Å². The minimum Gasteiger partial charge on any atom is -0.491 e. The SMILES string of the molecule is O=C(O)c1cccc(COc2ccc(OCCOCCNC3CCCC3)cc2)c1. The highest BCUT2D eigenvalue weighted by Crippen LogP contribution is 2.19. The number of nitrogens with one attached hydrogen (secondary N) is 1. The number of aromatic carboxylic acids is 1. The predicted octanol–water partition coefficient (Wildman–Crippen LogP) is 3.89. The van der Waals surface area contributed by atoms with Gasteiger partial charge in [0.2, 0.25) is 0 Å². The molecule has 2 N–H and O–H groups in total. The minimum absolute atomic E-state index is 0.256. The van der Waals surface area contributed by atoms with Gasteiger partial charge in [-0.25, -0.2) is 4.79 Å². The maximum atomic E-state index is 11.0. The van der Waals surface area contributed by atoms with Gasteiger partial charge in [0, 0.05) is 12.6 Å². The van der Waals surface area contributed by atoms with E-state index >= 15 is 0 Å². The summed E-state index contributed by atoms with van der Waals surface area (Å²) < 4.78 is 17.0. The Morgan fingerprint density at radius 2 is 1.69 bits per heavy atom. The molecule has 29 heavy (non-hydrogen) atoms. The summed E-state index contributed by atoms with van der Waals surface area (Å²) in [6, 6.07) is 14.8. The van der Waals surface area contributed by atoms with Gasteiger partial charge in [0.1, 0.15) is 24.7 Å². The van der Waals surface area contributed by atoms with E-state index in [0.29, 0.717) is 38.2 Å². The van der Waals surface area contributed by atoms with Crippen LogP contribution in [-0.4, -0.2) is 43.5 Å². The monoisotopic (exact) mass is 399 g/mol. The number of carboxylic acid groups (broad SMARTS) is 1. The average Bonchev–Trinajstić information content (AvgIpc) is 3.26. The molecule has 0 atom stereocenters. The van der Waals surface area contributed by atoms with Gasteiger partial charge in [-0.05, 0) is 54.8 Å². The first-order valence-electron chi connectivity index (χ1n) is 10.2. The molecule has 156 valence electrons. The van der Waals surface area contributed by atoms with E-state index in [-0.39, 0.29) is 5.56 Å². The van der Waals surface area contributed by atoms with E-state index in [4.69, 9.17) is 19.3 Å². The van der Waals surface area contributed by atoms with E-state index in [0.717, 1.165) is 17.9 Å². The molecule has 1 aliphatic rings. The van der Waals surface area contributed by atoms with Gasteiger partial charge in [0.25, 0.3) is 0 Å². The molecule has 0 amide bonds. The number of benzene rings is 2. The first-order chi connectivity index (χ1) is 14.2. The minimum atomic E-state index is -0.942. The Morgan fingerprint density at radius 1 is 0.966 bits per heavy atom. The Balaban J connectivity index is 1.29. The fraction of sp³-hybridized carbons (Fsp3) is 0.435. The highest BCUT2D eigenvalue weighted by atomic mass is 16.5. The van der Waals surface area contributed by atoms with E-state index in [2.05, 4.69) is 5.32 Å². The Kier molecular flexibility index (Phi) is 8.34. The van der Waals surface area contributed by atoms with Crippen molar-refractivity contribution >= 4 is 5.97 Å². The molecule has 3 rings (SSSR count). The van der Waals surface area contributed by atoms with Crippen LogP contribution in [0.25, 0.3) is 0 Å². The lowest BCUT2D eigenvalue weighted by atomic mass is 10.1. The number of ether oxygens (including phenoxy) is 3. The van der Waals surface area contributed by atoms with Gasteiger partial charge in [-0.3, -0.25) is 0 Å². The Morgan fingerprint density at radius 3 is 2.41 bits per heavy atom. The van der Waals surface area contributed by atoms with E-state index in [1.165, 1.54) is 25.7 Å². The van der Waals surface area contributed by atoms with Crippen molar-refractivity contribution in [1.82, 2.24) is 5.32 Å². The number of carbonyl (C=O) groups is 1. The van der Waals surface area contributed by atoms with Gasteiger partial charge in [0.05, 0.1) is 18.8 Å². The van der Waals surface area contributed by atoms with Gasteiger partial charge in [0.15, 0.2) is 0 Å². The molecule has 6 nitrogen and oxygen atoms in total. The van der Waals surface area contributed by atoms with Crippen LogP contribution in [0.1, 0.15) is 41.6 Å². The Bertz CT molecular complexity index is 756. The van der Waals surface area contributed by atoms with Crippen molar-refractivity contribution in [1.29, 1.82) is 0 Å². The molecular formula is C23H29NO5. The molecule has 0 heterocycles. The number of carboxylic acids is 1. The lowest BCUT2D eigenvalue weighted by Gasteiger charge is -2.12. The molecule has 0 aromatic heterocycles.